The monoisotopic (exact) mass is 344 g/mol. The number of carbonyl (C=O) groups is 1. The number of ether oxygens (including phenoxy) is 1. The summed E-state index contributed by atoms with van der Waals surface area (Å²) in [7, 11) is 0. The number of rotatable bonds is 2. The minimum atomic E-state index is -1.75. The predicted octanol–water partition coefficient (Wildman–Crippen LogP) is -1.65. The Labute approximate surface area is 108 Å². The smallest absolute Gasteiger partial charge is 0.377 e. The van der Waals surface area contributed by atoms with E-state index in [1.54, 1.807) is 0 Å². The van der Waals surface area contributed by atoms with Gasteiger partial charge in [-0.05, 0) is 0 Å². The fourth-order valence-corrected chi connectivity index (χ4v) is 0.823. The molecule has 0 saturated carbocycles. The van der Waals surface area contributed by atoms with Crippen molar-refractivity contribution in [2.45, 2.75) is 12.2 Å². The third-order valence-electron chi connectivity index (χ3n) is 1.48. The molecule has 11 heteroatoms. The molecule has 0 unspecified atom stereocenters. The Morgan fingerprint density at radius 3 is 2.06 bits per heavy atom. The molecule has 10 nitrogen and oxygen atoms in total. The van der Waals surface area contributed by atoms with Crippen LogP contribution in [0.2, 0.25) is 0 Å². The fraction of sp³-hybridized carbons (Fsp3) is 0.500. The molecule has 0 aromatic carbocycles. The van der Waals surface area contributed by atoms with Crippen molar-refractivity contribution in [3.63, 3.8) is 0 Å². The molecule has 0 aromatic rings. The number of hydrogen-bond donors (Lipinski definition) is 4. The van der Waals surface area contributed by atoms with Gasteiger partial charge in [-0.1, -0.05) is 0 Å². The first-order chi connectivity index (χ1) is 7.31. The van der Waals surface area contributed by atoms with Gasteiger partial charge in [0.2, 0.25) is 5.76 Å². The van der Waals surface area contributed by atoms with Crippen LogP contribution in [0.4, 0.5) is 0 Å². The third-order valence-corrected chi connectivity index (χ3v) is 1.48. The topological polar surface area (TPSA) is 173 Å². The van der Waals surface area contributed by atoms with Gasteiger partial charge in [-0.2, -0.15) is 0 Å². The Bertz CT molecular complexity index is 313. The van der Waals surface area contributed by atoms with E-state index in [4.69, 9.17) is 35.7 Å². The first-order valence-corrected chi connectivity index (χ1v) is 3.74. The van der Waals surface area contributed by atoms with Crippen LogP contribution in [0.15, 0.2) is 11.5 Å². The van der Waals surface area contributed by atoms with Gasteiger partial charge in [-0.3, -0.25) is 0 Å². The summed E-state index contributed by atoms with van der Waals surface area (Å²) >= 11 is 0. The van der Waals surface area contributed by atoms with E-state index in [2.05, 4.69) is 4.74 Å². The second kappa shape index (κ2) is 7.80. The third kappa shape index (κ3) is 5.46. The molecule has 1 rings (SSSR count). The number of carbonyl (C=O) groups excluding carboxylic acids is 1. The summed E-state index contributed by atoms with van der Waals surface area (Å²) in [5.74, 6) is -2.78. The molecule has 17 heavy (non-hydrogen) atoms. The summed E-state index contributed by atoms with van der Waals surface area (Å²) in [4.78, 5) is 18.8. The normalized spacial score (nSPS) is 19.6. The zero-order chi connectivity index (χ0) is 12.9. The van der Waals surface area contributed by atoms with Crippen molar-refractivity contribution in [3.05, 3.63) is 26.8 Å². The van der Waals surface area contributed by atoms with Crippen LogP contribution in [0.5, 0.6) is 0 Å². The van der Waals surface area contributed by atoms with Gasteiger partial charge in [0.25, 0.3) is 0 Å². The zero-order valence-corrected chi connectivity index (χ0v) is 9.51. The molecule has 0 aromatic heterocycles. The van der Waals surface area contributed by atoms with Crippen LogP contribution in [0.25, 0.3) is 0 Å². The van der Waals surface area contributed by atoms with Gasteiger partial charge < -0.3 is 40.5 Å². The molecule has 0 bridgehead atoms. The van der Waals surface area contributed by atoms with Gasteiger partial charge in [0.05, 0.1) is 11.7 Å². The molecule has 0 aliphatic carbocycles. The van der Waals surface area contributed by atoms with E-state index in [0.29, 0.717) is 0 Å². The summed E-state index contributed by atoms with van der Waals surface area (Å²) in [6.45, 7) is -0.671. The van der Waals surface area contributed by atoms with Crippen LogP contribution in [-0.2, 0) is 30.0 Å². The average Bonchev–Trinajstić information content (AvgIpc) is 2.44. The minimum Gasteiger partial charge on any atom is -0.505 e. The largest absolute Gasteiger partial charge is 0.505 e. The predicted molar refractivity (Wildman–Crippen MR) is 45.6 cm³/mol. The van der Waals surface area contributed by atoms with Crippen LogP contribution in [0.1, 0.15) is 0 Å². The van der Waals surface area contributed by atoms with Crippen LogP contribution in [0, 0.1) is 15.3 Å². The summed E-state index contributed by atoms with van der Waals surface area (Å²) in [5.41, 5.74) is 0. The molecule has 4 N–H and O–H groups in total. The van der Waals surface area contributed by atoms with E-state index in [9.17, 15) is 4.79 Å². The van der Waals surface area contributed by atoms with E-state index in [1.807, 2.05) is 0 Å². The van der Waals surface area contributed by atoms with Gasteiger partial charge in [-0.15, -0.1) is 0 Å². The summed E-state index contributed by atoms with van der Waals surface area (Å²) in [5, 5.41) is 49.8. The quantitative estimate of drug-likeness (QED) is 0.198. The molecule has 0 spiro atoms. The SMILES string of the molecule is O=C1O[C@H]([C@@H](O)CO)C(O)=C1O.O=[N+]([O-])[O-].[Pd]. The van der Waals surface area contributed by atoms with E-state index in [-0.39, 0.29) is 20.4 Å². The van der Waals surface area contributed by atoms with Crippen LogP contribution >= 0.6 is 0 Å². The minimum absolute atomic E-state index is 0. The average molecular weight is 345 g/mol. The van der Waals surface area contributed by atoms with E-state index < -0.39 is 41.4 Å². The van der Waals surface area contributed by atoms with Crippen LogP contribution in [0.3, 0.4) is 0 Å². The molecule has 102 valence electrons. The van der Waals surface area contributed by atoms with Gasteiger partial charge >= 0.3 is 5.97 Å². The van der Waals surface area contributed by atoms with Crippen molar-refractivity contribution in [3.8, 4) is 0 Å². The van der Waals surface area contributed by atoms with Crippen molar-refractivity contribution in [2.24, 2.45) is 0 Å². The molecule has 0 saturated heterocycles. The van der Waals surface area contributed by atoms with Crippen molar-refractivity contribution < 1.29 is 55.5 Å². The van der Waals surface area contributed by atoms with E-state index in [1.165, 1.54) is 0 Å². The Morgan fingerprint density at radius 1 is 1.41 bits per heavy atom. The van der Waals surface area contributed by atoms with Crippen molar-refractivity contribution in [1.82, 2.24) is 0 Å². The molecule has 0 amide bonds. The van der Waals surface area contributed by atoms with E-state index >= 15 is 0 Å². The molecule has 1 aliphatic heterocycles. The maximum atomic E-state index is 10.5. The second-order valence-corrected chi connectivity index (χ2v) is 2.53. The Balaban J connectivity index is 0. The van der Waals surface area contributed by atoms with Gasteiger partial charge in [0.15, 0.2) is 11.9 Å². The molecule has 2 atom stereocenters. The van der Waals surface area contributed by atoms with Crippen LogP contribution < -0.4 is 0 Å². The zero-order valence-electron chi connectivity index (χ0n) is 7.96. The molecule has 1 heterocycles. The Kier molecular flexibility index (Phi) is 8.24. The molecule has 1 aliphatic rings. The number of esters is 1. The molecule has 0 fully saturated rings. The standard InChI is InChI=1S/C6H8O6.NO3.Pd/c7-1-2(8)5-3(9)4(10)6(11)12-5;2-1(3)4;/h2,5,7-10H,1H2;;/q;-1;/t2-,5+;;/m0../s1. The maximum Gasteiger partial charge on any atom is 0.377 e. The number of hydrogen-bond acceptors (Lipinski definition) is 9. The first-order valence-electron chi connectivity index (χ1n) is 3.74. The molecular weight excluding hydrogens is 336 g/mol. The number of nitrogens with zero attached hydrogens (tertiary/aromatic N) is 1. The second-order valence-electron chi connectivity index (χ2n) is 2.53. The Hall–Kier alpha value is -1.41. The number of aliphatic hydroxyl groups is 4. The summed E-state index contributed by atoms with van der Waals surface area (Å²) < 4.78 is 4.32. The van der Waals surface area contributed by atoms with Gasteiger partial charge in [0, 0.05) is 20.4 Å². The summed E-state index contributed by atoms with van der Waals surface area (Å²) in [6, 6.07) is 0. The van der Waals surface area contributed by atoms with Gasteiger partial charge in [0.1, 0.15) is 6.10 Å². The van der Waals surface area contributed by atoms with Crippen LogP contribution in [-0.4, -0.2) is 50.3 Å². The molecule has 0 radical (unpaired) electrons. The number of cyclic esters (lactones) is 1. The first kappa shape index (κ1) is 18.0. The van der Waals surface area contributed by atoms with E-state index in [0.717, 1.165) is 0 Å². The fourth-order valence-electron chi connectivity index (χ4n) is 0.823. The van der Waals surface area contributed by atoms with Crippen molar-refractivity contribution >= 4 is 5.97 Å². The number of aliphatic hydroxyl groups excluding tert-OH is 4. The summed E-state index contributed by atoms with van der Waals surface area (Å²) in [6.07, 6.45) is -2.78. The maximum absolute atomic E-state index is 10.5. The van der Waals surface area contributed by atoms with Gasteiger partial charge in [-0.25, -0.2) is 4.79 Å². The van der Waals surface area contributed by atoms with Crippen molar-refractivity contribution in [1.29, 1.82) is 0 Å². The molecular formula is C6H8NO9Pd-. The Morgan fingerprint density at radius 2 is 1.82 bits per heavy atom. The van der Waals surface area contributed by atoms with Crippen molar-refractivity contribution in [2.75, 3.05) is 6.61 Å².